The molecule has 0 aromatic heterocycles. The van der Waals surface area contributed by atoms with Crippen LogP contribution in [0.25, 0.3) is 0 Å². The van der Waals surface area contributed by atoms with Gasteiger partial charge in [0, 0.05) is 0 Å². The number of carbonyl (C=O) groups is 1. The van der Waals surface area contributed by atoms with Crippen LogP contribution in [-0.2, 0) is 5.60 Å². The molecule has 0 spiro atoms. The van der Waals surface area contributed by atoms with Crippen LogP contribution in [0.2, 0.25) is 0 Å². The first-order valence-electron chi connectivity index (χ1n) is 4.53. The van der Waals surface area contributed by atoms with Crippen LogP contribution in [0.5, 0.6) is 0 Å². The Labute approximate surface area is 83.0 Å². The molecule has 1 unspecified atom stereocenters. The first-order chi connectivity index (χ1) is 6.47. The average molecular weight is 194 g/mol. The largest absolute Gasteiger partial charge is 0.478 e. The van der Waals surface area contributed by atoms with Gasteiger partial charge in [-0.15, -0.1) is 0 Å². The maximum absolute atomic E-state index is 10.6. The number of benzene rings is 1. The third-order valence-corrected chi connectivity index (χ3v) is 2.44. The van der Waals surface area contributed by atoms with Gasteiger partial charge in [0.2, 0.25) is 0 Å². The fourth-order valence-electron chi connectivity index (χ4n) is 1.18. The summed E-state index contributed by atoms with van der Waals surface area (Å²) in [5.74, 6) is -0.951. The Morgan fingerprint density at radius 2 is 1.86 bits per heavy atom. The fourth-order valence-corrected chi connectivity index (χ4v) is 1.18. The molecule has 2 N–H and O–H groups in total. The molecule has 76 valence electrons. The highest BCUT2D eigenvalue weighted by Gasteiger charge is 2.20. The van der Waals surface area contributed by atoms with E-state index in [0.29, 0.717) is 6.42 Å². The van der Waals surface area contributed by atoms with E-state index >= 15 is 0 Å². The highest BCUT2D eigenvalue weighted by atomic mass is 16.4. The van der Waals surface area contributed by atoms with Gasteiger partial charge in [0.15, 0.2) is 0 Å². The van der Waals surface area contributed by atoms with Crippen molar-refractivity contribution in [1.82, 2.24) is 0 Å². The Kier molecular flexibility index (Phi) is 2.91. The number of hydrogen-bond acceptors (Lipinski definition) is 2. The van der Waals surface area contributed by atoms with E-state index in [-0.39, 0.29) is 5.56 Å². The summed E-state index contributed by atoms with van der Waals surface area (Å²) in [6.07, 6.45) is 0.597. The molecule has 0 aliphatic rings. The minimum absolute atomic E-state index is 0.237. The monoisotopic (exact) mass is 194 g/mol. The summed E-state index contributed by atoms with van der Waals surface area (Å²) in [6.45, 7) is 3.59. The Balaban J connectivity index is 2.99. The van der Waals surface area contributed by atoms with Gasteiger partial charge in [-0.2, -0.15) is 0 Å². The summed E-state index contributed by atoms with van der Waals surface area (Å²) in [5.41, 5.74) is 0.0995. The van der Waals surface area contributed by atoms with Gasteiger partial charge in [-0.1, -0.05) is 19.1 Å². The van der Waals surface area contributed by atoms with Crippen molar-refractivity contribution in [3.8, 4) is 0 Å². The van der Waals surface area contributed by atoms with Crippen LogP contribution in [0.1, 0.15) is 36.2 Å². The summed E-state index contributed by atoms with van der Waals surface area (Å²) in [5, 5.41) is 18.5. The molecule has 0 bridgehead atoms. The molecule has 3 heteroatoms. The number of carboxylic acid groups (broad SMARTS) is 1. The molecular formula is C11H14O3. The van der Waals surface area contributed by atoms with Gasteiger partial charge in [-0.3, -0.25) is 0 Å². The highest BCUT2D eigenvalue weighted by Crippen LogP contribution is 2.23. The van der Waals surface area contributed by atoms with Crippen LogP contribution in [0.3, 0.4) is 0 Å². The van der Waals surface area contributed by atoms with Crippen LogP contribution >= 0.6 is 0 Å². The second-order valence-electron chi connectivity index (χ2n) is 3.51. The molecule has 0 aliphatic heterocycles. The summed E-state index contributed by atoms with van der Waals surface area (Å²) in [7, 11) is 0. The Morgan fingerprint density at radius 3 is 2.21 bits per heavy atom. The smallest absolute Gasteiger partial charge is 0.335 e. The second kappa shape index (κ2) is 3.80. The van der Waals surface area contributed by atoms with Crippen molar-refractivity contribution in [3.05, 3.63) is 35.4 Å². The molecule has 0 amide bonds. The van der Waals surface area contributed by atoms with Crippen molar-refractivity contribution in [1.29, 1.82) is 0 Å². The van der Waals surface area contributed by atoms with E-state index in [9.17, 15) is 9.90 Å². The first kappa shape index (κ1) is 10.7. The Hall–Kier alpha value is -1.35. The lowest BCUT2D eigenvalue weighted by Gasteiger charge is -2.21. The molecule has 1 aromatic carbocycles. The molecule has 0 saturated heterocycles. The highest BCUT2D eigenvalue weighted by molar-refractivity contribution is 5.87. The van der Waals surface area contributed by atoms with E-state index in [4.69, 9.17) is 5.11 Å². The van der Waals surface area contributed by atoms with Crippen LogP contribution in [0.15, 0.2) is 24.3 Å². The summed E-state index contributed by atoms with van der Waals surface area (Å²) >= 11 is 0. The van der Waals surface area contributed by atoms with Gasteiger partial charge in [0.1, 0.15) is 0 Å². The zero-order chi connectivity index (χ0) is 10.8. The molecular weight excluding hydrogens is 180 g/mol. The van der Waals surface area contributed by atoms with Crippen LogP contribution < -0.4 is 0 Å². The molecule has 0 heterocycles. The van der Waals surface area contributed by atoms with Gasteiger partial charge in [0.05, 0.1) is 11.2 Å². The Morgan fingerprint density at radius 1 is 1.36 bits per heavy atom. The van der Waals surface area contributed by atoms with E-state index in [1.54, 1.807) is 19.1 Å². The summed E-state index contributed by atoms with van der Waals surface area (Å²) in [4.78, 5) is 10.6. The first-order valence-corrected chi connectivity index (χ1v) is 4.53. The summed E-state index contributed by atoms with van der Waals surface area (Å²) in [6, 6.07) is 6.30. The number of hydrogen-bond donors (Lipinski definition) is 2. The standard InChI is InChI=1S/C11H14O3/c1-3-11(2,14)9-6-4-8(5-7-9)10(12)13/h4-7,14H,3H2,1-2H3,(H,12,13). The molecule has 1 aromatic rings. The predicted octanol–water partition coefficient (Wildman–Crippen LogP) is 2.00. The molecule has 0 saturated carbocycles. The lowest BCUT2D eigenvalue weighted by atomic mass is 9.93. The van der Waals surface area contributed by atoms with Gasteiger partial charge >= 0.3 is 5.97 Å². The van der Waals surface area contributed by atoms with Crippen molar-refractivity contribution in [2.45, 2.75) is 25.9 Å². The molecule has 1 atom stereocenters. The minimum atomic E-state index is -0.951. The van der Waals surface area contributed by atoms with Crippen molar-refractivity contribution < 1.29 is 15.0 Å². The van der Waals surface area contributed by atoms with Crippen molar-refractivity contribution in [3.63, 3.8) is 0 Å². The molecule has 0 fully saturated rings. The topological polar surface area (TPSA) is 57.5 Å². The molecule has 3 nitrogen and oxygen atoms in total. The van der Waals surface area contributed by atoms with Crippen molar-refractivity contribution >= 4 is 5.97 Å². The van der Waals surface area contributed by atoms with Crippen molar-refractivity contribution in [2.75, 3.05) is 0 Å². The average Bonchev–Trinajstić information content (AvgIpc) is 2.18. The lowest BCUT2D eigenvalue weighted by molar-refractivity contribution is 0.0528. The lowest BCUT2D eigenvalue weighted by Crippen LogP contribution is -2.19. The fraction of sp³-hybridized carbons (Fsp3) is 0.364. The van der Waals surface area contributed by atoms with E-state index in [0.717, 1.165) is 5.56 Å². The second-order valence-corrected chi connectivity index (χ2v) is 3.51. The maximum Gasteiger partial charge on any atom is 0.335 e. The van der Waals surface area contributed by atoms with E-state index < -0.39 is 11.6 Å². The van der Waals surface area contributed by atoms with Gasteiger partial charge < -0.3 is 10.2 Å². The minimum Gasteiger partial charge on any atom is -0.478 e. The van der Waals surface area contributed by atoms with E-state index in [2.05, 4.69) is 0 Å². The summed E-state index contributed by atoms with van der Waals surface area (Å²) < 4.78 is 0. The van der Waals surface area contributed by atoms with Gasteiger partial charge in [0.25, 0.3) is 0 Å². The van der Waals surface area contributed by atoms with E-state index in [1.165, 1.54) is 12.1 Å². The number of carboxylic acids is 1. The number of aliphatic hydroxyl groups is 1. The molecule has 1 rings (SSSR count). The van der Waals surface area contributed by atoms with Crippen LogP contribution in [0, 0.1) is 0 Å². The molecule has 0 aliphatic carbocycles. The molecule has 14 heavy (non-hydrogen) atoms. The number of rotatable bonds is 3. The van der Waals surface area contributed by atoms with E-state index in [1.807, 2.05) is 6.92 Å². The quantitative estimate of drug-likeness (QED) is 0.773. The number of aromatic carboxylic acids is 1. The molecule has 0 radical (unpaired) electrons. The zero-order valence-corrected chi connectivity index (χ0v) is 8.32. The zero-order valence-electron chi connectivity index (χ0n) is 8.32. The van der Waals surface area contributed by atoms with Crippen LogP contribution in [0.4, 0.5) is 0 Å². The van der Waals surface area contributed by atoms with Crippen LogP contribution in [-0.4, -0.2) is 16.2 Å². The Bertz CT molecular complexity index is 325. The van der Waals surface area contributed by atoms with Gasteiger partial charge in [-0.05, 0) is 31.0 Å². The van der Waals surface area contributed by atoms with Gasteiger partial charge in [-0.25, -0.2) is 4.79 Å². The third-order valence-electron chi connectivity index (χ3n) is 2.44. The predicted molar refractivity (Wildman–Crippen MR) is 53.3 cm³/mol. The SMILES string of the molecule is CCC(C)(O)c1ccc(C(=O)O)cc1. The maximum atomic E-state index is 10.6. The normalized spacial score (nSPS) is 14.8. The third kappa shape index (κ3) is 2.12. The van der Waals surface area contributed by atoms with Crippen molar-refractivity contribution in [2.24, 2.45) is 0 Å².